The molecule has 110 valence electrons. The second-order valence-electron chi connectivity index (χ2n) is 5.34. The third kappa shape index (κ3) is 3.85. The van der Waals surface area contributed by atoms with E-state index in [1.165, 1.54) is 0 Å². The summed E-state index contributed by atoms with van der Waals surface area (Å²) >= 11 is 0. The molecule has 0 saturated heterocycles. The molecule has 1 N–H and O–H groups in total. The maximum Gasteiger partial charge on any atom is 0.345 e. The average molecular weight is 284 g/mol. The number of carboxylic acid groups (broad SMARTS) is 1. The Balaban J connectivity index is 2.22. The van der Waals surface area contributed by atoms with E-state index in [4.69, 9.17) is 4.74 Å². The normalized spacial score (nSPS) is 12.0. The van der Waals surface area contributed by atoms with Gasteiger partial charge in [-0.2, -0.15) is 0 Å². The lowest BCUT2D eigenvalue weighted by molar-refractivity contribution is -0.145. The molecule has 0 aliphatic heterocycles. The topological polar surface area (TPSA) is 46.5 Å². The Hall–Kier alpha value is -2.29. The number of carbonyl (C=O) groups is 1. The van der Waals surface area contributed by atoms with Gasteiger partial charge in [0.25, 0.3) is 0 Å². The lowest BCUT2D eigenvalue weighted by Crippen LogP contribution is -2.30. The van der Waals surface area contributed by atoms with Gasteiger partial charge in [0.1, 0.15) is 5.75 Å². The van der Waals surface area contributed by atoms with E-state index in [1.807, 2.05) is 57.2 Å². The van der Waals surface area contributed by atoms with Gasteiger partial charge in [0.2, 0.25) is 0 Å². The van der Waals surface area contributed by atoms with Crippen LogP contribution in [-0.2, 0) is 11.2 Å². The van der Waals surface area contributed by atoms with E-state index in [-0.39, 0.29) is 0 Å². The molecule has 0 radical (unpaired) electrons. The van der Waals surface area contributed by atoms with Gasteiger partial charge in [0.15, 0.2) is 6.10 Å². The minimum absolute atomic E-state index is 0.363. The molecule has 0 saturated carbocycles. The van der Waals surface area contributed by atoms with Crippen LogP contribution in [0.25, 0.3) is 0 Å². The lowest BCUT2D eigenvalue weighted by atomic mass is 9.97. The van der Waals surface area contributed by atoms with E-state index >= 15 is 0 Å². The van der Waals surface area contributed by atoms with Gasteiger partial charge in [-0.05, 0) is 55.2 Å². The first kappa shape index (κ1) is 15.1. The largest absolute Gasteiger partial charge is 0.478 e. The molecule has 0 spiro atoms. The molecule has 0 heterocycles. The Bertz CT molecular complexity index is 626. The van der Waals surface area contributed by atoms with Gasteiger partial charge in [-0.3, -0.25) is 0 Å². The fourth-order valence-corrected chi connectivity index (χ4v) is 2.39. The standard InChI is InChI=1S/C18H20O3/c1-12-6-4-9-15(10-12)21-17(18(19)20)11-16-13(2)7-5-8-14(16)3/h4-10,17H,11H2,1-3H3,(H,19,20)/t17-/m1/s1. The summed E-state index contributed by atoms with van der Waals surface area (Å²) in [5.41, 5.74) is 4.27. The van der Waals surface area contributed by atoms with Crippen molar-refractivity contribution in [1.29, 1.82) is 0 Å². The second-order valence-corrected chi connectivity index (χ2v) is 5.34. The van der Waals surface area contributed by atoms with Crippen LogP contribution in [0.4, 0.5) is 0 Å². The zero-order chi connectivity index (χ0) is 15.4. The van der Waals surface area contributed by atoms with Crippen LogP contribution < -0.4 is 4.74 Å². The number of aliphatic carboxylic acids is 1. The summed E-state index contributed by atoms with van der Waals surface area (Å²) in [5, 5.41) is 9.42. The fourth-order valence-electron chi connectivity index (χ4n) is 2.39. The average Bonchev–Trinajstić information content (AvgIpc) is 2.41. The van der Waals surface area contributed by atoms with Gasteiger partial charge in [0, 0.05) is 6.42 Å². The van der Waals surface area contributed by atoms with Gasteiger partial charge in [-0.25, -0.2) is 4.79 Å². The maximum absolute atomic E-state index is 11.5. The van der Waals surface area contributed by atoms with Crippen LogP contribution in [0.15, 0.2) is 42.5 Å². The van der Waals surface area contributed by atoms with Crippen molar-refractivity contribution in [3.8, 4) is 5.75 Å². The molecule has 21 heavy (non-hydrogen) atoms. The monoisotopic (exact) mass is 284 g/mol. The van der Waals surface area contributed by atoms with E-state index in [9.17, 15) is 9.90 Å². The molecule has 0 aliphatic carbocycles. The van der Waals surface area contributed by atoms with Crippen LogP contribution in [0.1, 0.15) is 22.3 Å². The highest BCUT2D eigenvalue weighted by atomic mass is 16.5. The Morgan fingerprint density at radius 3 is 2.29 bits per heavy atom. The smallest absolute Gasteiger partial charge is 0.345 e. The fraction of sp³-hybridized carbons (Fsp3) is 0.278. The lowest BCUT2D eigenvalue weighted by Gasteiger charge is -2.18. The molecular weight excluding hydrogens is 264 g/mol. The van der Waals surface area contributed by atoms with Crippen molar-refractivity contribution >= 4 is 5.97 Å². The highest BCUT2D eigenvalue weighted by Crippen LogP contribution is 2.20. The Labute approximate surface area is 125 Å². The summed E-state index contributed by atoms with van der Waals surface area (Å²) < 4.78 is 5.67. The van der Waals surface area contributed by atoms with Gasteiger partial charge in [-0.15, -0.1) is 0 Å². The molecule has 1 atom stereocenters. The number of hydrogen-bond donors (Lipinski definition) is 1. The molecule has 2 aromatic rings. The van der Waals surface area contributed by atoms with Crippen LogP contribution in [0, 0.1) is 20.8 Å². The van der Waals surface area contributed by atoms with Crippen molar-refractivity contribution in [2.75, 3.05) is 0 Å². The number of aryl methyl sites for hydroxylation is 3. The molecule has 3 nitrogen and oxygen atoms in total. The first-order valence-electron chi connectivity index (χ1n) is 6.98. The molecular formula is C18H20O3. The molecule has 0 unspecified atom stereocenters. The molecule has 0 aromatic heterocycles. The minimum atomic E-state index is -0.945. The molecule has 3 heteroatoms. The highest BCUT2D eigenvalue weighted by molar-refractivity contribution is 5.73. The first-order valence-corrected chi connectivity index (χ1v) is 6.98. The van der Waals surface area contributed by atoms with E-state index < -0.39 is 12.1 Å². The Morgan fingerprint density at radius 1 is 1.10 bits per heavy atom. The van der Waals surface area contributed by atoms with Gasteiger partial charge >= 0.3 is 5.97 Å². The van der Waals surface area contributed by atoms with Crippen LogP contribution in [-0.4, -0.2) is 17.2 Å². The van der Waals surface area contributed by atoms with E-state index in [0.29, 0.717) is 12.2 Å². The maximum atomic E-state index is 11.5. The number of hydrogen-bond acceptors (Lipinski definition) is 2. The molecule has 0 amide bonds. The molecule has 2 rings (SSSR count). The second kappa shape index (κ2) is 6.44. The third-order valence-corrected chi connectivity index (χ3v) is 3.58. The van der Waals surface area contributed by atoms with E-state index in [2.05, 4.69) is 0 Å². The molecule has 0 bridgehead atoms. The van der Waals surface area contributed by atoms with Crippen LogP contribution in [0.2, 0.25) is 0 Å². The van der Waals surface area contributed by atoms with Crippen LogP contribution in [0.5, 0.6) is 5.75 Å². The zero-order valence-electron chi connectivity index (χ0n) is 12.6. The predicted molar refractivity (Wildman–Crippen MR) is 82.9 cm³/mol. The summed E-state index contributed by atoms with van der Waals surface area (Å²) in [7, 11) is 0. The molecule has 0 aliphatic rings. The molecule has 2 aromatic carbocycles. The number of benzene rings is 2. The van der Waals surface area contributed by atoms with Gasteiger partial charge in [-0.1, -0.05) is 30.3 Å². The van der Waals surface area contributed by atoms with Crippen molar-refractivity contribution in [3.05, 3.63) is 64.7 Å². The predicted octanol–water partition coefficient (Wildman–Crippen LogP) is 3.69. The number of ether oxygens (including phenoxy) is 1. The minimum Gasteiger partial charge on any atom is -0.478 e. The summed E-state index contributed by atoms with van der Waals surface area (Å²) in [6.45, 7) is 5.94. The Kier molecular flexibility index (Phi) is 4.63. The summed E-state index contributed by atoms with van der Waals surface area (Å²) in [6, 6.07) is 13.4. The molecule has 0 fully saturated rings. The van der Waals surface area contributed by atoms with Crippen molar-refractivity contribution in [1.82, 2.24) is 0 Å². The van der Waals surface area contributed by atoms with E-state index in [0.717, 1.165) is 22.3 Å². The van der Waals surface area contributed by atoms with Crippen molar-refractivity contribution in [2.45, 2.75) is 33.3 Å². The summed E-state index contributed by atoms with van der Waals surface area (Å²) in [4.78, 5) is 11.5. The number of rotatable bonds is 5. The van der Waals surface area contributed by atoms with Gasteiger partial charge < -0.3 is 9.84 Å². The first-order chi connectivity index (χ1) is 9.97. The zero-order valence-corrected chi connectivity index (χ0v) is 12.6. The van der Waals surface area contributed by atoms with E-state index in [1.54, 1.807) is 6.07 Å². The van der Waals surface area contributed by atoms with Crippen molar-refractivity contribution < 1.29 is 14.6 Å². The number of carboxylic acids is 1. The highest BCUT2D eigenvalue weighted by Gasteiger charge is 2.21. The SMILES string of the molecule is Cc1cccc(O[C@H](Cc2c(C)cccc2C)C(=O)O)c1. The van der Waals surface area contributed by atoms with Gasteiger partial charge in [0.05, 0.1) is 0 Å². The quantitative estimate of drug-likeness (QED) is 0.911. The summed E-state index contributed by atoms with van der Waals surface area (Å²) in [5.74, 6) is -0.354. The summed E-state index contributed by atoms with van der Waals surface area (Å²) in [6.07, 6.45) is -0.520. The third-order valence-electron chi connectivity index (χ3n) is 3.58. The van der Waals surface area contributed by atoms with Crippen LogP contribution >= 0.6 is 0 Å². The van der Waals surface area contributed by atoms with Crippen molar-refractivity contribution in [2.24, 2.45) is 0 Å². The van der Waals surface area contributed by atoms with Crippen molar-refractivity contribution in [3.63, 3.8) is 0 Å². The Morgan fingerprint density at radius 2 is 1.71 bits per heavy atom. The van der Waals surface area contributed by atoms with Crippen LogP contribution in [0.3, 0.4) is 0 Å².